The summed E-state index contributed by atoms with van der Waals surface area (Å²) in [6, 6.07) is 0. The van der Waals surface area contributed by atoms with Crippen molar-refractivity contribution in [1.82, 2.24) is 0 Å². The lowest BCUT2D eigenvalue weighted by Gasteiger charge is -2.39. The molecule has 0 saturated carbocycles. The molecule has 1 fully saturated rings. The zero-order valence-corrected chi connectivity index (χ0v) is 41.0. The van der Waals surface area contributed by atoms with Gasteiger partial charge >= 0.3 is 5.97 Å². The SMILES string of the molecule is CCCCC/C=C\C/C=C\CCCCCCCCCC(=O)OC(COCCCCCCCCCCC/C=C\C/C=C\C/C=C\CCCCCCC)COC1OC(CO)C(O)C(O)C1O. The summed E-state index contributed by atoms with van der Waals surface area (Å²) in [5.74, 6) is -0.324. The number of carbonyl (C=O) groups excluding carboxylic acids is 1. The van der Waals surface area contributed by atoms with Crippen LogP contribution in [0.3, 0.4) is 0 Å². The van der Waals surface area contributed by atoms with Crippen LogP contribution in [0.15, 0.2) is 60.8 Å². The number of aliphatic hydroxyl groups excluding tert-OH is 4. The van der Waals surface area contributed by atoms with Crippen molar-refractivity contribution in [2.75, 3.05) is 26.4 Å². The van der Waals surface area contributed by atoms with Crippen LogP contribution in [0, 0.1) is 0 Å². The summed E-state index contributed by atoms with van der Waals surface area (Å²) >= 11 is 0. The predicted molar refractivity (Wildman–Crippen MR) is 265 cm³/mol. The molecule has 0 aromatic rings. The molecule has 0 radical (unpaired) electrons. The van der Waals surface area contributed by atoms with Gasteiger partial charge in [-0.15, -0.1) is 0 Å². The van der Waals surface area contributed by atoms with Crippen LogP contribution in [0.4, 0.5) is 0 Å². The number of allylic oxidation sites excluding steroid dienone is 10. The van der Waals surface area contributed by atoms with Crippen molar-refractivity contribution in [3.05, 3.63) is 60.8 Å². The first-order chi connectivity index (χ1) is 31.4. The predicted octanol–water partition coefficient (Wildman–Crippen LogP) is 13.0. The summed E-state index contributed by atoms with van der Waals surface area (Å²) in [4.78, 5) is 12.8. The summed E-state index contributed by atoms with van der Waals surface area (Å²) in [5.41, 5.74) is 0. The van der Waals surface area contributed by atoms with Crippen molar-refractivity contribution in [3.63, 3.8) is 0 Å². The molecule has 9 nitrogen and oxygen atoms in total. The Bertz CT molecular complexity index is 1160. The van der Waals surface area contributed by atoms with Gasteiger partial charge in [-0.05, 0) is 83.5 Å². The van der Waals surface area contributed by atoms with Gasteiger partial charge in [0.15, 0.2) is 6.29 Å². The first-order valence-electron chi connectivity index (χ1n) is 26.4. The fourth-order valence-corrected chi connectivity index (χ4v) is 7.76. The summed E-state index contributed by atoms with van der Waals surface area (Å²) in [6.45, 7) is 4.51. The van der Waals surface area contributed by atoms with Crippen molar-refractivity contribution in [2.45, 2.75) is 256 Å². The quantitative estimate of drug-likeness (QED) is 0.0268. The van der Waals surface area contributed by atoms with Gasteiger partial charge < -0.3 is 39.4 Å². The second kappa shape index (κ2) is 46.0. The molecule has 0 aromatic heterocycles. The molecule has 1 saturated heterocycles. The van der Waals surface area contributed by atoms with E-state index in [9.17, 15) is 25.2 Å². The Labute approximate surface area is 392 Å². The normalized spacial score (nSPS) is 20.0. The lowest BCUT2D eigenvalue weighted by Crippen LogP contribution is -2.59. The van der Waals surface area contributed by atoms with E-state index < -0.39 is 43.4 Å². The summed E-state index contributed by atoms with van der Waals surface area (Å²) < 4.78 is 22.9. The van der Waals surface area contributed by atoms with Gasteiger partial charge in [-0.25, -0.2) is 0 Å². The molecule has 1 aliphatic heterocycles. The Kier molecular flexibility index (Phi) is 43.1. The monoisotopic (exact) mass is 903 g/mol. The highest BCUT2D eigenvalue weighted by Crippen LogP contribution is 2.23. The third-order valence-electron chi connectivity index (χ3n) is 11.9. The van der Waals surface area contributed by atoms with E-state index >= 15 is 0 Å². The molecule has 372 valence electrons. The van der Waals surface area contributed by atoms with E-state index in [0.717, 1.165) is 64.2 Å². The molecule has 1 rings (SSSR count). The first-order valence-corrected chi connectivity index (χ1v) is 26.4. The van der Waals surface area contributed by atoms with E-state index in [0.29, 0.717) is 13.0 Å². The summed E-state index contributed by atoms with van der Waals surface area (Å²) in [7, 11) is 0. The van der Waals surface area contributed by atoms with Crippen molar-refractivity contribution >= 4 is 5.97 Å². The zero-order chi connectivity index (χ0) is 46.4. The standard InChI is InChI=1S/C55H98O9/c1-3-5-7-9-11-13-15-17-19-21-22-23-24-25-26-27-29-31-33-35-37-39-41-43-45-61-47-49(48-62-55-54(60)53(59)52(58)50(46-56)64-55)63-51(57)44-42-40-38-36-34-32-30-28-20-18-16-14-12-10-8-6-4-2/h12,14-15,17-18,20-22,24-25,49-50,52-56,58-60H,3-11,13,16,19,23,26-48H2,1-2H3/b14-12-,17-15-,20-18-,22-21-,25-24-. The number of carbonyl (C=O) groups is 1. The minimum Gasteiger partial charge on any atom is -0.457 e. The van der Waals surface area contributed by atoms with Gasteiger partial charge in [-0.1, -0.05) is 190 Å². The Morgan fingerprint density at radius 1 is 0.500 bits per heavy atom. The second-order valence-corrected chi connectivity index (χ2v) is 18.0. The lowest BCUT2D eigenvalue weighted by molar-refractivity contribution is -0.305. The van der Waals surface area contributed by atoms with E-state index in [2.05, 4.69) is 74.6 Å². The van der Waals surface area contributed by atoms with Crippen molar-refractivity contribution in [1.29, 1.82) is 0 Å². The molecule has 6 unspecified atom stereocenters. The van der Waals surface area contributed by atoms with E-state index in [1.165, 1.54) is 135 Å². The minimum absolute atomic E-state index is 0.121. The van der Waals surface area contributed by atoms with Crippen LogP contribution >= 0.6 is 0 Å². The highest BCUT2D eigenvalue weighted by molar-refractivity contribution is 5.69. The van der Waals surface area contributed by atoms with Gasteiger partial charge in [0.2, 0.25) is 0 Å². The van der Waals surface area contributed by atoms with Crippen molar-refractivity contribution in [3.8, 4) is 0 Å². The number of rotatable bonds is 45. The Morgan fingerprint density at radius 3 is 1.39 bits per heavy atom. The highest BCUT2D eigenvalue weighted by Gasteiger charge is 2.44. The molecular formula is C55H98O9. The number of esters is 1. The number of hydrogen-bond donors (Lipinski definition) is 4. The summed E-state index contributed by atoms with van der Waals surface area (Å²) in [5, 5.41) is 40.3. The van der Waals surface area contributed by atoms with Crippen LogP contribution in [-0.4, -0.2) is 89.6 Å². The number of unbranched alkanes of at least 4 members (excludes halogenated alkanes) is 24. The smallest absolute Gasteiger partial charge is 0.306 e. The average molecular weight is 903 g/mol. The van der Waals surface area contributed by atoms with E-state index in [-0.39, 0.29) is 19.2 Å². The topological polar surface area (TPSA) is 135 Å². The fraction of sp³-hybridized carbons (Fsp3) is 0.800. The molecule has 1 heterocycles. The van der Waals surface area contributed by atoms with Gasteiger partial charge in [-0.2, -0.15) is 0 Å². The van der Waals surface area contributed by atoms with Gasteiger partial charge in [-0.3, -0.25) is 4.79 Å². The van der Waals surface area contributed by atoms with Crippen LogP contribution in [0.25, 0.3) is 0 Å². The molecular weight excluding hydrogens is 805 g/mol. The second-order valence-electron chi connectivity index (χ2n) is 18.0. The zero-order valence-electron chi connectivity index (χ0n) is 41.0. The van der Waals surface area contributed by atoms with Gasteiger partial charge in [0.05, 0.1) is 19.8 Å². The number of ether oxygens (including phenoxy) is 4. The lowest BCUT2D eigenvalue weighted by atomic mass is 9.99. The number of aliphatic hydroxyl groups is 4. The largest absolute Gasteiger partial charge is 0.457 e. The molecule has 0 aliphatic carbocycles. The maximum atomic E-state index is 12.8. The van der Waals surface area contributed by atoms with Gasteiger partial charge in [0.1, 0.15) is 30.5 Å². The Hall–Kier alpha value is -2.11. The van der Waals surface area contributed by atoms with Crippen molar-refractivity contribution < 1.29 is 44.2 Å². The summed E-state index contributed by atoms with van der Waals surface area (Å²) in [6.07, 6.45) is 52.5. The van der Waals surface area contributed by atoms with Gasteiger partial charge in [0, 0.05) is 13.0 Å². The van der Waals surface area contributed by atoms with Crippen LogP contribution in [0.5, 0.6) is 0 Å². The van der Waals surface area contributed by atoms with E-state index in [1.807, 2.05) is 0 Å². The van der Waals surface area contributed by atoms with E-state index in [4.69, 9.17) is 18.9 Å². The molecule has 6 atom stereocenters. The Morgan fingerprint density at radius 2 is 0.906 bits per heavy atom. The maximum absolute atomic E-state index is 12.8. The van der Waals surface area contributed by atoms with Crippen LogP contribution in [-0.2, 0) is 23.7 Å². The third-order valence-corrected chi connectivity index (χ3v) is 11.9. The van der Waals surface area contributed by atoms with Crippen LogP contribution in [0.2, 0.25) is 0 Å². The Balaban J connectivity index is 2.20. The molecule has 0 amide bonds. The van der Waals surface area contributed by atoms with Gasteiger partial charge in [0.25, 0.3) is 0 Å². The third kappa shape index (κ3) is 36.1. The fourth-order valence-electron chi connectivity index (χ4n) is 7.76. The maximum Gasteiger partial charge on any atom is 0.306 e. The molecule has 64 heavy (non-hydrogen) atoms. The molecule has 0 spiro atoms. The first kappa shape index (κ1) is 59.9. The van der Waals surface area contributed by atoms with Crippen LogP contribution < -0.4 is 0 Å². The van der Waals surface area contributed by atoms with E-state index in [1.54, 1.807) is 0 Å². The number of hydrogen-bond acceptors (Lipinski definition) is 9. The molecule has 9 heteroatoms. The molecule has 0 aromatic carbocycles. The van der Waals surface area contributed by atoms with Crippen LogP contribution in [0.1, 0.15) is 219 Å². The molecule has 0 bridgehead atoms. The van der Waals surface area contributed by atoms with Crippen molar-refractivity contribution in [2.24, 2.45) is 0 Å². The minimum atomic E-state index is -1.54. The molecule has 1 aliphatic rings. The average Bonchev–Trinajstić information content (AvgIpc) is 3.30. The molecule has 4 N–H and O–H groups in total. The highest BCUT2D eigenvalue weighted by atomic mass is 16.7.